The number of ether oxygens (including phenoxy) is 2. The van der Waals surface area contributed by atoms with Crippen LogP contribution in [-0.2, 0) is 19.4 Å². The first-order valence-corrected chi connectivity index (χ1v) is 8.41. The van der Waals surface area contributed by atoms with Crippen LogP contribution in [0.1, 0.15) is 18.5 Å². The van der Waals surface area contributed by atoms with E-state index in [1.807, 2.05) is 0 Å². The summed E-state index contributed by atoms with van der Waals surface area (Å²) in [5, 5.41) is 2.95. The highest BCUT2D eigenvalue weighted by atomic mass is 32.2. The molecule has 0 aliphatic rings. The van der Waals surface area contributed by atoms with Crippen LogP contribution < -0.4 is 10.1 Å². The van der Waals surface area contributed by atoms with Crippen LogP contribution in [-0.4, -0.2) is 46.7 Å². The Kier molecular flexibility index (Phi) is 6.64. The topological polar surface area (TPSA) is 81.7 Å². The maximum atomic E-state index is 12.0. The predicted octanol–water partition coefficient (Wildman–Crippen LogP) is 0.934. The summed E-state index contributed by atoms with van der Waals surface area (Å²) >= 11 is 0. The molecule has 1 N–H and O–H groups in total. The number of hydrogen-bond acceptors (Lipinski definition) is 6. The fourth-order valence-corrected chi connectivity index (χ4v) is 3.30. The molecule has 0 amide bonds. The van der Waals surface area contributed by atoms with Crippen molar-refractivity contribution in [3.05, 3.63) is 29.8 Å². The summed E-state index contributed by atoms with van der Waals surface area (Å²) in [6, 6.07) is 6.71. The lowest BCUT2D eigenvalue weighted by molar-refractivity contribution is -0.139. The zero-order valence-electron chi connectivity index (χ0n) is 12.5. The smallest absolute Gasteiger partial charge is 0.321 e. The molecule has 1 unspecified atom stereocenters. The quantitative estimate of drug-likeness (QED) is 0.719. The van der Waals surface area contributed by atoms with Crippen molar-refractivity contribution in [3.8, 4) is 5.75 Å². The second kappa shape index (κ2) is 7.99. The van der Waals surface area contributed by atoms with Gasteiger partial charge >= 0.3 is 5.97 Å². The Morgan fingerprint density at radius 2 is 1.90 bits per heavy atom. The minimum atomic E-state index is -3.55. The molecule has 1 aromatic carbocycles. The summed E-state index contributed by atoms with van der Waals surface area (Å²) in [5.41, 5.74) is 0.811. The van der Waals surface area contributed by atoms with Gasteiger partial charge in [0.05, 0.1) is 19.5 Å². The lowest BCUT2D eigenvalue weighted by Crippen LogP contribution is -2.29. The summed E-state index contributed by atoms with van der Waals surface area (Å²) in [7, 11) is -0.307. The number of carbonyl (C=O) groups excluding carboxylic acids is 1. The van der Waals surface area contributed by atoms with Gasteiger partial charge in [-0.25, -0.2) is 8.42 Å². The van der Waals surface area contributed by atoms with Crippen molar-refractivity contribution in [3.63, 3.8) is 0 Å². The van der Waals surface area contributed by atoms with Crippen LogP contribution in [0.15, 0.2) is 24.3 Å². The largest absolute Gasteiger partial charge is 0.497 e. The lowest BCUT2D eigenvalue weighted by Gasteiger charge is -2.17. The second-order valence-electron chi connectivity index (χ2n) is 4.47. The normalized spacial score (nSPS) is 12.7. The van der Waals surface area contributed by atoms with Gasteiger partial charge in [0, 0.05) is 6.04 Å². The van der Waals surface area contributed by atoms with Gasteiger partial charge in [-0.1, -0.05) is 12.1 Å². The van der Waals surface area contributed by atoms with Crippen LogP contribution in [0, 0.1) is 0 Å². The third-order valence-electron chi connectivity index (χ3n) is 2.93. The van der Waals surface area contributed by atoms with Gasteiger partial charge < -0.3 is 14.8 Å². The van der Waals surface area contributed by atoms with Crippen LogP contribution >= 0.6 is 0 Å². The van der Waals surface area contributed by atoms with Crippen molar-refractivity contribution in [1.82, 2.24) is 5.32 Å². The number of hydrogen-bond donors (Lipinski definition) is 1. The summed E-state index contributed by atoms with van der Waals surface area (Å²) in [6.07, 6.45) is 0. The zero-order valence-corrected chi connectivity index (χ0v) is 13.3. The van der Waals surface area contributed by atoms with Crippen LogP contribution in [0.3, 0.4) is 0 Å². The molecule has 0 fully saturated rings. The molecule has 6 nitrogen and oxygen atoms in total. The molecule has 1 atom stereocenters. The van der Waals surface area contributed by atoms with Gasteiger partial charge in [0.2, 0.25) is 0 Å². The Bertz CT molecular complexity index is 553. The van der Waals surface area contributed by atoms with Crippen LogP contribution in [0.5, 0.6) is 5.75 Å². The molecule has 0 saturated heterocycles. The second-order valence-corrected chi connectivity index (χ2v) is 6.58. The van der Waals surface area contributed by atoms with E-state index in [2.05, 4.69) is 10.1 Å². The van der Waals surface area contributed by atoms with Gasteiger partial charge in [-0.3, -0.25) is 4.79 Å². The first-order valence-electron chi connectivity index (χ1n) is 6.59. The summed E-state index contributed by atoms with van der Waals surface area (Å²) in [4.78, 5) is 11.3. The van der Waals surface area contributed by atoms with E-state index in [4.69, 9.17) is 4.74 Å². The van der Waals surface area contributed by atoms with Crippen molar-refractivity contribution in [2.24, 2.45) is 0 Å². The van der Waals surface area contributed by atoms with E-state index in [0.717, 1.165) is 5.56 Å². The van der Waals surface area contributed by atoms with Crippen molar-refractivity contribution in [1.29, 1.82) is 0 Å². The molecule has 0 aromatic heterocycles. The summed E-state index contributed by atoms with van der Waals surface area (Å²) in [6.45, 7) is 1.81. The molecule has 118 valence electrons. The van der Waals surface area contributed by atoms with Gasteiger partial charge in [0.1, 0.15) is 11.5 Å². The van der Waals surface area contributed by atoms with E-state index < -0.39 is 27.6 Å². The zero-order chi connectivity index (χ0) is 15.9. The molecule has 0 bridgehead atoms. The summed E-state index contributed by atoms with van der Waals surface area (Å²) in [5.74, 6) is -0.797. The maximum absolute atomic E-state index is 12.0. The third kappa shape index (κ3) is 5.73. The molecule has 0 radical (unpaired) electrons. The molecule has 0 spiro atoms. The van der Waals surface area contributed by atoms with E-state index in [1.54, 1.807) is 45.3 Å². The number of rotatable bonds is 8. The number of methoxy groups -OCH3 is 1. The molecular weight excluding hydrogens is 294 g/mol. The SMILES string of the molecule is CCOC(=O)CS(=O)(=O)CC(NC)c1ccc(OC)cc1. The van der Waals surface area contributed by atoms with E-state index in [0.29, 0.717) is 5.75 Å². The van der Waals surface area contributed by atoms with Gasteiger partial charge in [0.25, 0.3) is 0 Å². The molecule has 1 aromatic rings. The summed E-state index contributed by atoms with van der Waals surface area (Å²) < 4.78 is 33.8. The first-order chi connectivity index (χ1) is 9.91. The van der Waals surface area contributed by atoms with Crippen LogP contribution in [0.25, 0.3) is 0 Å². The molecular formula is C14H21NO5S. The molecule has 0 heterocycles. The minimum Gasteiger partial charge on any atom is -0.497 e. The molecule has 0 aliphatic heterocycles. The van der Waals surface area contributed by atoms with E-state index in [9.17, 15) is 13.2 Å². The number of sulfone groups is 1. The molecule has 0 aliphatic carbocycles. The van der Waals surface area contributed by atoms with Crippen molar-refractivity contribution < 1.29 is 22.7 Å². The number of nitrogens with one attached hydrogen (secondary N) is 1. The molecule has 1 rings (SSSR count). The van der Waals surface area contributed by atoms with Gasteiger partial charge in [-0.15, -0.1) is 0 Å². The number of carbonyl (C=O) groups is 1. The lowest BCUT2D eigenvalue weighted by atomic mass is 10.1. The maximum Gasteiger partial charge on any atom is 0.321 e. The highest BCUT2D eigenvalue weighted by molar-refractivity contribution is 7.92. The van der Waals surface area contributed by atoms with Crippen molar-refractivity contribution in [2.75, 3.05) is 32.3 Å². The standard InChI is InChI=1S/C14H21NO5S/c1-4-20-14(16)10-21(17,18)9-13(15-2)11-5-7-12(19-3)8-6-11/h5-8,13,15H,4,9-10H2,1-3H3. The average Bonchev–Trinajstić information content (AvgIpc) is 2.44. The Morgan fingerprint density at radius 1 is 1.29 bits per heavy atom. The molecule has 0 saturated carbocycles. The Labute approximate surface area is 125 Å². The number of benzene rings is 1. The van der Waals surface area contributed by atoms with Crippen LogP contribution in [0.2, 0.25) is 0 Å². The molecule has 7 heteroatoms. The highest BCUT2D eigenvalue weighted by Gasteiger charge is 2.23. The monoisotopic (exact) mass is 315 g/mol. The van der Waals surface area contributed by atoms with Gasteiger partial charge in [0.15, 0.2) is 9.84 Å². The third-order valence-corrected chi connectivity index (χ3v) is 4.45. The number of esters is 1. The van der Waals surface area contributed by atoms with E-state index in [-0.39, 0.29) is 12.4 Å². The predicted molar refractivity (Wildman–Crippen MR) is 80.1 cm³/mol. The van der Waals surface area contributed by atoms with Gasteiger partial charge in [-0.05, 0) is 31.7 Å². The fraction of sp³-hybridized carbons (Fsp3) is 0.500. The van der Waals surface area contributed by atoms with E-state index in [1.165, 1.54) is 0 Å². The minimum absolute atomic E-state index is 0.169. The Hall–Kier alpha value is -1.60. The van der Waals surface area contributed by atoms with Crippen molar-refractivity contribution in [2.45, 2.75) is 13.0 Å². The average molecular weight is 315 g/mol. The first kappa shape index (κ1) is 17.5. The fourth-order valence-electron chi connectivity index (χ4n) is 1.88. The Morgan fingerprint density at radius 3 is 2.38 bits per heavy atom. The van der Waals surface area contributed by atoms with Crippen molar-refractivity contribution >= 4 is 15.8 Å². The Balaban J connectivity index is 2.78. The van der Waals surface area contributed by atoms with E-state index >= 15 is 0 Å². The highest BCUT2D eigenvalue weighted by Crippen LogP contribution is 2.19. The van der Waals surface area contributed by atoms with Crippen LogP contribution in [0.4, 0.5) is 0 Å². The molecule has 21 heavy (non-hydrogen) atoms. The van der Waals surface area contributed by atoms with Gasteiger partial charge in [-0.2, -0.15) is 0 Å².